The SMILES string of the molecule is [2H]c1cc([2H])c([2H])c(-c2cccc3ccccc23)c1[2H]. The Morgan fingerprint density at radius 3 is 2.38 bits per heavy atom. The number of hydrogen-bond donors (Lipinski definition) is 0. The topological polar surface area (TPSA) is 0 Å². The van der Waals surface area contributed by atoms with Gasteiger partial charge in [0.15, 0.2) is 0 Å². The molecule has 0 atom stereocenters. The first-order chi connectivity index (χ1) is 9.59. The molecule has 0 saturated carbocycles. The normalized spacial score (nSPS) is 14.0. The van der Waals surface area contributed by atoms with Crippen LogP contribution in [0, 0.1) is 0 Å². The summed E-state index contributed by atoms with van der Waals surface area (Å²) in [6, 6.07) is 14.6. The van der Waals surface area contributed by atoms with Gasteiger partial charge < -0.3 is 0 Å². The summed E-state index contributed by atoms with van der Waals surface area (Å²) in [6.45, 7) is 0. The van der Waals surface area contributed by atoms with E-state index in [9.17, 15) is 0 Å². The largest absolute Gasteiger partial charge is 0.0629 e. The first-order valence-corrected chi connectivity index (χ1v) is 5.15. The minimum absolute atomic E-state index is 0.00218. The zero-order chi connectivity index (χ0) is 14.3. The molecule has 0 heteroatoms. The molecule has 0 aliphatic carbocycles. The van der Waals surface area contributed by atoms with Gasteiger partial charge >= 0.3 is 0 Å². The smallest absolute Gasteiger partial charge is 0.0622 e. The Bertz CT molecular complexity index is 777. The van der Waals surface area contributed by atoms with E-state index < -0.39 is 0 Å². The Labute approximate surface area is 101 Å². The van der Waals surface area contributed by atoms with Crippen molar-refractivity contribution < 1.29 is 5.48 Å². The molecule has 3 aromatic carbocycles. The predicted molar refractivity (Wildman–Crippen MR) is 69.4 cm³/mol. The van der Waals surface area contributed by atoms with Gasteiger partial charge in [-0.3, -0.25) is 0 Å². The van der Waals surface area contributed by atoms with E-state index in [0.717, 1.165) is 16.3 Å². The summed E-state index contributed by atoms with van der Waals surface area (Å²) < 4.78 is 31.6. The van der Waals surface area contributed by atoms with Gasteiger partial charge in [-0.05, 0) is 21.9 Å². The number of hydrogen-bond acceptors (Lipinski definition) is 0. The van der Waals surface area contributed by atoms with E-state index in [0.29, 0.717) is 5.56 Å². The molecule has 0 aliphatic rings. The first-order valence-electron chi connectivity index (χ1n) is 7.15. The summed E-state index contributed by atoms with van der Waals surface area (Å²) in [5.41, 5.74) is 1.10. The Balaban J connectivity index is 2.43. The van der Waals surface area contributed by atoms with Crippen LogP contribution in [0.5, 0.6) is 0 Å². The molecule has 0 amide bonds. The van der Waals surface area contributed by atoms with E-state index in [2.05, 4.69) is 0 Å². The fraction of sp³-hybridized carbons (Fsp3) is 0. The van der Waals surface area contributed by atoms with Crippen LogP contribution in [0.15, 0.2) is 72.7 Å². The standard InChI is InChI=1S/C16H12/c1-2-7-13(8-3-1)16-12-6-10-14-9-4-5-11-15(14)16/h1-12H/i2D,3D,7D,8D. The summed E-state index contributed by atoms with van der Waals surface area (Å²) in [7, 11) is 0. The van der Waals surface area contributed by atoms with E-state index in [1.165, 1.54) is 6.07 Å². The fourth-order valence-corrected chi connectivity index (χ4v) is 1.86. The summed E-state index contributed by atoms with van der Waals surface area (Å²) in [4.78, 5) is 0. The van der Waals surface area contributed by atoms with Crippen molar-refractivity contribution in [3.63, 3.8) is 0 Å². The second-order valence-corrected chi connectivity index (χ2v) is 3.58. The molecule has 0 unspecified atom stereocenters. The lowest BCUT2D eigenvalue weighted by Crippen LogP contribution is -1.79. The van der Waals surface area contributed by atoms with Gasteiger partial charge in [0.05, 0.1) is 5.48 Å². The molecule has 3 rings (SSSR count). The van der Waals surface area contributed by atoms with Crippen LogP contribution < -0.4 is 0 Å². The molecule has 0 spiro atoms. The second-order valence-electron chi connectivity index (χ2n) is 3.58. The van der Waals surface area contributed by atoms with Crippen molar-refractivity contribution in [3.05, 3.63) is 72.7 Å². The molecular weight excluding hydrogens is 192 g/mol. The number of rotatable bonds is 1. The van der Waals surface area contributed by atoms with Crippen LogP contribution >= 0.6 is 0 Å². The lowest BCUT2D eigenvalue weighted by molar-refractivity contribution is 1.65. The maximum Gasteiger partial charge on any atom is 0.0629 e. The van der Waals surface area contributed by atoms with Crippen molar-refractivity contribution in [3.8, 4) is 11.1 Å². The third-order valence-electron chi connectivity index (χ3n) is 2.60. The fourth-order valence-electron chi connectivity index (χ4n) is 1.86. The Hall–Kier alpha value is -2.08. The molecule has 3 aromatic rings. The van der Waals surface area contributed by atoms with Crippen molar-refractivity contribution in [2.45, 2.75) is 0 Å². The van der Waals surface area contributed by atoms with Crippen LogP contribution in [-0.2, 0) is 0 Å². The summed E-state index contributed by atoms with van der Waals surface area (Å²) in [6.07, 6.45) is 0. The molecule has 0 heterocycles. The molecule has 0 radical (unpaired) electrons. The van der Waals surface area contributed by atoms with Gasteiger partial charge in [-0.1, -0.05) is 72.7 Å². The highest BCUT2D eigenvalue weighted by molar-refractivity contribution is 5.96. The zero-order valence-electron chi connectivity index (χ0n) is 12.6. The highest BCUT2D eigenvalue weighted by atomic mass is 14.0. The lowest BCUT2D eigenvalue weighted by Gasteiger charge is -2.06. The summed E-state index contributed by atoms with van der Waals surface area (Å²) in [5, 5.41) is 1.95. The maximum absolute atomic E-state index is 8.05. The molecule has 0 nitrogen and oxygen atoms in total. The molecule has 76 valence electrons. The van der Waals surface area contributed by atoms with Gasteiger partial charge in [0.25, 0.3) is 0 Å². The predicted octanol–water partition coefficient (Wildman–Crippen LogP) is 4.51. The van der Waals surface area contributed by atoms with Crippen molar-refractivity contribution in [2.75, 3.05) is 0 Å². The van der Waals surface area contributed by atoms with E-state index in [-0.39, 0.29) is 24.2 Å². The van der Waals surface area contributed by atoms with E-state index in [4.69, 9.17) is 5.48 Å². The van der Waals surface area contributed by atoms with Crippen LogP contribution in [0.3, 0.4) is 0 Å². The minimum atomic E-state index is -0.0195. The molecule has 0 N–H and O–H groups in total. The average molecular weight is 208 g/mol. The molecule has 0 aromatic heterocycles. The third kappa shape index (κ3) is 1.49. The van der Waals surface area contributed by atoms with Crippen LogP contribution in [0.4, 0.5) is 0 Å². The van der Waals surface area contributed by atoms with Crippen molar-refractivity contribution >= 4 is 10.8 Å². The number of fused-ring (bicyclic) bond motifs is 1. The van der Waals surface area contributed by atoms with Gasteiger partial charge in [-0.15, -0.1) is 0 Å². The minimum Gasteiger partial charge on any atom is -0.0622 e. The van der Waals surface area contributed by atoms with Gasteiger partial charge in [-0.25, -0.2) is 0 Å². The molecule has 0 aliphatic heterocycles. The monoisotopic (exact) mass is 208 g/mol. The number of benzene rings is 3. The van der Waals surface area contributed by atoms with Gasteiger partial charge in [0.1, 0.15) is 0 Å². The van der Waals surface area contributed by atoms with E-state index in [1.807, 2.05) is 42.5 Å². The Kier molecular flexibility index (Phi) is 1.40. The van der Waals surface area contributed by atoms with Crippen LogP contribution in [-0.4, -0.2) is 0 Å². The molecule has 0 saturated heterocycles. The third-order valence-corrected chi connectivity index (χ3v) is 2.60. The lowest BCUT2D eigenvalue weighted by atomic mass is 9.98. The van der Waals surface area contributed by atoms with Crippen molar-refractivity contribution in [2.24, 2.45) is 0 Å². The summed E-state index contributed by atoms with van der Waals surface area (Å²) >= 11 is 0. The second kappa shape index (κ2) is 3.82. The van der Waals surface area contributed by atoms with Gasteiger partial charge in [0.2, 0.25) is 0 Å². The molecule has 0 bridgehead atoms. The quantitative estimate of drug-likeness (QED) is 0.552. The zero-order valence-corrected chi connectivity index (χ0v) is 8.62. The highest BCUT2D eigenvalue weighted by Gasteiger charge is 2.01. The Morgan fingerprint density at radius 2 is 1.50 bits per heavy atom. The first kappa shape index (κ1) is 5.86. The Morgan fingerprint density at radius 1 is 0.750 bits per heavy atom. The van der Waals surface area contributed by atoms with Crippen molar-refractivity contribution in [1.82, 2.24) is 0 Å². The highest BCUT2D eigenvalue weighted by Crippen LogP contribution is 2.27. The summed E-state index contributed by atoms with van der Waals surface area (Å²) in [5.74, 6) is 0. The molecular formula is C16H12. The van der Waals surface area contributed by atoms with Gasteiger partial charge in [0, 0.05) is 0 Å². The van der Waals surface area contributed by atoms with Crippen LogP contribution in [0.1, 0.15) is 5.48 Å². The average Bonchev–Trinajstić information content (AvgIpc) is 2.46. The van der Waals surface area contributed by atoms with Crippen LogP contribution in [0.25, 0.3) is 21.9 Å². The van der Waals surface area contributed by atoms with Crippen LogP contribution in [0.2, 0.25) is 0 Å². The van der Waals surface area contributed by atoms with E-state index >= 15 is 0 Å². The van der Waals surface area contributed by atoms with E-state index in [1.54, 1.807) is 0 Å². The van der Waals surface area contributed by atoms with Crippen molar-refractivity contribution in [1.29, 1.82) is 0 Å². The maximum atomic E-state index is 8.05. The molecule has 0 fully saturated rings. The van der Waals surface area contributed by atoms with Gasteiger partial charge in [-0.2, -0.15) is 0 Å². The molecule has 16 heavy (non-hydrogen) atoms.